The Morgan fingerprint density at radius 3 is 2.63 bits per heavy atom. The van der Waals surface area contributed by atoms with Crippen LogP contribution in [-0.4, -0.2) is 48.9 Å². The molecule has 0 spiro atoms. The van der Waals surface area contributed by atoms with E-state index in [0.717, 1.165) is 0 Å². The molecule has 0 bridgehead atoms. The second-order valence-corrected chi connectivity index (χ2v) is 6.56. The van der Waals surface area contributed by atoms with E-state index in [1.807, 2.05) is 13.8 Å². The SMILES string of the molecule is CCOC(=O)[C@H](CC(C)C)NC(=O)OC[n+]1cccc(C(=O)NCCO[N+](=O)[O-])c1. The summed E-state index contributed by atoms with van der Waals surface area (Å²) in [6, 6.07) is 2.28. The van der Waals surface area contributed by atoms with Gasteiger partial charge in [-0.15, -0.1) is 10.1 Å². The number of esters is 1. The molecule has 166 valence electrons. The van der Waals surface area contributed by atoms with Crippen LogP contribution >= 0.6 is 0 Å². The average Bonchev–Trinajstić information content (AvgIpc) is 2.69. The van der Waals surface area contributed by atoms with Gasteiger partial charge in [0.2, 0.25) is 0 Å². The smallest absolute Gasteiger partial charge is 0.412 e. The van der Waals surface area contributed by atoms with Crippen molar-refractivity contribution in [1.82, 2.24) is 10.6 Å². The maximum atomic E-state index is 12.1. The van der Waals surface area contributed by atoms with E-state index in [-0.39, 0.29) is 38.0 Å². The molecule has 2 amide bonds. The summed E-state index contributed by atoms with van der Waals surface area (Å²) in [6.07, 6.45) is 2.62. The Morgan fingerprint density at radius 2 is 2.00 bits per heavy atom. The number of alkyl carbamates (subject to hydrolysis) is 1. The van der Waals surface area contributed by atoms with Crippen molar-refractivity contribution in [3.8, 4) is 0 Å². The van der Waals surface area contributed by atoms with Crippen molar-refractivity contribution in [3.63, 3.8) is 0 Å². The number of pyridine rings is 1. The van der Waals surface area contributed by atoms with Gasteiger partial charge in [-0.05, 0) is 25.3 Å². The van der Waals surface area contributed by atoms with E-state index in [1.165, 1.54) is 16.8 Å². The van der Waals surface area contributed by atoms with Crippen molar-refractivity contribution in [3.05, 3.63) is 40.2 Å². The minimum absolute atomic E-state index is 0.0429. The first kappa shape index (κ1) is 24.6. The zero-order valence-corrected chi connectivity index (χ0v) is 17.2. The zero-order valence-electron chi connectivity index (χ0n) is 17.2. The zero-order chi connectivity index (χ0) is 22.5. The monoisotopic (exact) mass is 427 g/mol. The van der Waals surface area contributed by atoms with Gasteiger partial charge in [-0.3, -0.25) is 4.79 Å². The largest absolute Gasteiger partial charge is 0.464 e. The molecule has 12 heteroatoms. The molecule has 1 rings (SSSR count). The summed E-state index contributed by atoms with van der Waals surface area (Å²) in [5, 5.41) is 14.1. The number of hydrogen-bond donors (Lipinski definition) is 2. The van der Waals surface area contributed by atoms with Gasteiger partial charge < -0.3 is 24.9 Å². The van der Waals surface area contributed by atoms with Crippen LogP contribution in [0.1, 0.15) is 37.6 Å². The van der Waals surface area contributed by atoms with Gasteiger partial charge in [0.25, 0.3) is 17.7 Å². The third-order valence-electron chi connectivity index (χ3n) is 3.62. The highest BCUT2D eigenvalue weighted by Crippen LogP contribution is 2.07. The topological polar surface area (TPSA) is 150 Å². The van der Waals surface area contributed by atoms with Crippen molar-refractivity contribution in [2.45, 2.75) is 40.0 Å². The number of nitrogens with one attached hydrogen (secondary N) is 2. The molecule has 0 aliphatic heterocycles. The minimum atomic E-state index is -0.946. The Bertz CT molecular complexity index is 741. The average molecular weight is 427 g/mol. The molecule has 12 nitrogen and oxygen atoms in total. The first-order valence-electron chi connectivity index (χ1n) is 9.37. The third kappa shape index (κ3) is 9.66. The van der Waals surface area contributed by atoms with Crippen molar-refractivity contribution in [1.29, 1.82) is 0 Å². The summed E-state index contributed by atoms with van der Waals surface area (Å²) in [4.78, 5) is 50.2. The van der Waals surface area contributed by atoms with Crippen molar-refractivity contribution < 1.29 is 38.3 Å². The summed E-state index contributed by atoms with van der Waals surface area (Å²) in [6.45, 7) is 5.19. The molecular formula is C18H27N4O8+. The van der Waals surface area contributed by atoms with E-state index in [9.17, 15) is 24.5 Å². The Balaban J connectivity index is 2.57. The van der Waals surface area contributed by atoms with Crippen LogP contribution in [0.25, 0.3) is 0 Å². The maximum Gasteiger partial charge on any atom is 0.412 e. The van der Waals surface area contributed by atoms with E-state index in [4.69, 9.17) is 9.47 Å². The van der Waals surface area contributed by atoms with Gasteiger partial charge in [-0.25, -0.2) is 9.59 Å². The highest BCUT2D eigenvalue weighted by molar-refractivity contribution is 5.93. The fourth-order valence-electron chi connectivity index (χ4n) is 2.37. The summed E-state index contributed by atoms with van der Waals surface area (Å²) in [7, 11) is 0. The molecule has 1 aromatic rings. The second kappa shape index (κ2) is 12.9. The van der Waals surface area contributed by atoms with Crippen molar-refractivity contribution in [2.75, 3.05) is 19.8 Å². The van der Waals surface area contributed by atoms with Crippen LogP contribution in [-0.2, 0) is 25.8 Å². The van der Waals surface area contributed by atoms with E-state index >= 15 is 0 Å². The normalized spacial score (nSPS) is 11.3. The lowest BCUT2D eigenvalue weighted by atomic mass is 10.0. The number of nitrogens with zero attached hydrogens (tertiary/aromatic N) is 2. The van der Waals surface area contributed by atoms with Gasteiger partial charge in [-0.2, -0.15) is 4.57 Å². The number of aromatic nitrogens is 1. The van der Waals surface area contributed by atoms with Crippen LogP contribution in [0.15, 0.2) is 24.5 Å². The van der Waals surface area contributed by atoms with Crippen molar-refractivity contribution >= 4 is 18.0 Å². The Hall–Kier alpha value is -3.44. The number of amides is 2. The quantitative estimate of drug-likeness (QED) is 0.162. The molecule has 1 aromatic heterocycles. The lowest BCUT2D eigenvalue weighted by Crippen LogP contribution is -2.45. The van der Waals surface area contributed by atoms with Gasteiger partial charge in [0, 0.05) is 12.6 Å². The van der Waals surface area contributed by atoms with Crippen molar-refractivity contribution in [2.24, 2.45) is 5.92 Å². The van der Waals surface area contributed by atoms with E-state index < -0.39 is 29.1 Å². The van der Waals surface area contributed by atoms with Gasteiger partial charge in [0.1, 0.15) is 18.2 Å². The van der Waals surface area contributed by atoms with E-state index in [2.05, 4.69) is 15.5 Å². The number of carbonyl (C=O) groups is 3. The highest BCUT2D eigenvalue weighted by atomic mass is 16.9. The third-order valence-corrected chi connectivity index (χ3v) is 3.62. The van der Waals surface area contributed by atoms with Crippen LogP contribution in [0.4, 0.5) is 4.79 Å². The molecule has 0 radical (unpaired) electrons. The molecule has 0 aromatic carbocycles. The van der Waals surface area contributed by atoms with Crippen LogP contribution in [0.2, 0.25) is 0 Å². The van der Waals surface area contributed by atoms with Gasteiger partial charge >= 0.3 is 12.1 Å². The number of rotatable bonds is 12. The Morgan fingerprint density at radius 1 is 1.27 bits per heavy atom. The molecule has 1 atom stereocenters. The van der Waals surface area contributed by atoms with Gasteiger partial charge in [0.15, 0.2) is 12.4 Å². The van der Waals surface area contributed by atoms with Crippen LogP contribution in [0.3, 0.4) is 0 Å². The van der Waals surface area contributed by atoms with Crippen LogP contribution in [0.5, 0.6) is 0 Å². The Kier molecular flexibility index (Phi) is 10.6. The van der Waals surface area contributed by atoms with Crippen LogP contribution in [0, 0.1) is 16.0 Å². The number of ether oxygens (including phenoxy) is 2. The van der Waals surface area contributed by atoms with Gasteiger partial charge in [0.05, 0.1) is 6.61 Å². The first-order valence-corrected chi connectivity index (χ1v) is 9.37. The number of carbonyl (C=O) groups excluding carboxylic acids is 3. The molecule has 0 aliphatic rings. The fraction of sp³-hybridized carbons (Fsp3) is 0.556. The van der Waals surface area contributed by atoms with E-state index in [0.29, 0.717) is 6.42 Å². The van der Waals surface area contributed by atoms with Crippen LogP contribution < -0.4 is 15.2 Å². The maximum absolute atomic E-state index is 12.1. The number of hydrogen-bond acceptors (Lipinski definition) is 8. The molecule has 30 heavy (non-hydrogen) atoms. The molecule has 0 aliphatic carbocycles. The first-order chi connectivity index (χ1) is 14.2. The fourth-order valence-corrected chi connectivity index (χ4v) is 2.37. The summed E-state index contributed by atoms with van der Waals surface area (Å²) >= 11 is 0. The minimum Gasteiger partial charge on any atom is -0.464 e. The predicted molar refractivity (Wildman–Crippen MR) is 101 cm³/mol. The molecule has 0 fully saturated rings. The molecule has 0 saturated carbocycles. The Labute approximate surface area is 173 Å². The molecular weight excluding hydrogens is 400 g/mol. The predicted octanol–water partition coefficient (Wildman–Crippen LogP) is 0.574. The highest BCUT2D eigenvalue weighted by Gasteiger charge is 2.24. The van der Waals surface area contributed by atoms with Gasteiger partial charge in [-0.1, -0.05) is 13.8 Å². The standard InChI is InChI=1S/C18H26N4O8/c1-4-28-17(24)15(10-13(2)3)20-18(25)29-12-21-8-5-6-14(11-21)16(23)19-7-9-30-22(26)27/h5-6,8,11,13,15H,4,7,9-10,12H2,1-3H3,(H-,19,20,23,25)/p+1/t15-/m0/s1. The lowest BCUT2D eigenvalue weighted by Gasteiger charge is -2.18. The summed E-state index contributed by atoms with van der Waals surface area (Å²) in [5.41, 5.74) is 0.256. The molecule has 2 N–H and O–H groups in total. The summed E-state index contributed by atoms with van der Waals surface area (Å²) < 4.78 is 11.5. The summed E-state index contributed by atoms with van der Waals surface area (Å²) in [5.74, 6) is -0.851. The lowest BCUT2D eigenvalue weighted by molar-refractivity contribution is -0.757. The van der Waals surface area contributed by atoms with E-state index in [1.54, 1.807) is 19.2 Å². The second-order valence-electron chi connectivity index (χ2n) is 6.56. The molecule has 0 saturated heterocycles. The molecule has 0 unspecified atom stereocenters. The molecule has 1 heterocycles.